The molecular weight excluding hydrogens is 1170 g/mol. The van der Waals surface area contributed by atoms with E-state index in [-0.39, 0.29) is 47.0 Å². The number of alkyl halides is 6. The van der Waals surface area contributed by atoms with Crippen molar-refractivity contribution in [3.05, 3.63) is 144 Å². The third-order valence-electron chi connectivity index (χ3n) is 16.9. The molecule has 3 aromatic heterocycles. The summed E-state index contributed by atoms with van der Waals surface area (Å²) >= 11 is 0. The van der Waals surface area contributed by atoms with Gasteiger partial charge in [0.25, 0.3) is 0 Å². The van der Waals surface area contributed by atoms with Crippen LogP contribution in [0.3, 0.4) is 0 Å². The van der Waals surface area contributed by atoms with Crippen molar-refractivity contribution in [1.29, 1.82) is 15.8 Å². The van der Waals surface area contributed by atoms with E-state index >= 15 is 0 Å². The first-order chi connectivity index (χ1) is 43.0. The van der Waals surface area contributed by atoms with E-state index in [1.165, 1.54) is 18.2 Å². The van der Waals surface area contributed by atoms with Crippen LogP contribution in [0.5, 0.6) is 17.2 Å². The Balaban J connectivity index is 0.000000138. The average Bonchev–Trinajstić information content (AvgIpc) is 1.62. The minimum atomic E-state index is -3.41. The van der Waals surface area contributed by atoms with Crippen molar-refractivity contribution < 1.29 is 53.8 Å². The van der Waals surface area contributed by atoms with Crippen LogP contribution in [0.4, 0.5) is 43.4 Å². The predicted molar refractivity (Wildman–Crippen MR) is 329 cm³/mol. The maximum Gasteiger partial charge on any atom is 0.387 e. The molecule has 4 heterocycles. The number of aromatic nitrogens is 3. The van der Waals surface area contributed by atoms with Gasteiger partial charge in [-0.25, -0.2) is 8.42 Å². The van der Waals surface area contributed by atoms with Crippen molar-refractivity contribution in [3.8, 4) is 69.2 Å². The molecule has 3 saturated carbocycles. The zero-order valence-electron chi connectivity index (χ0n) is 48.3. The first-order valence-electron chi connectivity index (χ1n) is 29.4. The second-order valence-electron chi connectivity index (χ2n) is 22.4. The molecule has 458 valence electrons. The fourth-order valence-corrected chi connectivity index (χ4v) is 13.4. The van der Waals surface area contributed by atoms with Gasteiger partial charge in [-0.3, -0.25) is 9.52 Å². The average molecular weight is 1230 g/mol. The topological polar surface area (TPSA) is 206 Å². The van der Waals surface area contributed by atoms with Crippen molar-refractivity contribution in [2.24, 2.45) is 0 Å². The van der Waals surface area contributed by atoms with E-state index in [9.17, 15) is 55.3 Å². The number of halogens is 6. The first-order valence-corrected chi connectivity index (χ1v) is 31.1. The molecule has 3 aliphatic carbocycles. The second kappa shape index (κ2) is 26.0. The highest BCUT2D eigenvalue weighted by Crippen LogP contribution is 2.47. The summed E-state index contributed by atoms with van der Waals surface area (Å²) in [5, 5.41) is 31.8. The molecule has 0 spiro atoms. The lowest BCUT2D eigenvalue weighted by molar-refractivity contribution is -0.117. The Hall–Kier alpha value is -9.59. The molecule has 1 aliphatic heterocycles. The molecule has 4 fully saturated rings. The minimum absolute atomic E-state index is 0.0340. The van der Waals surface area contributed by atoms with Crippen LogP contribution in [-0.2, 0) is 14.8 Å². The van der Waals surface area contributed by atoms with Crippen LogP contribution >= 0.6 is 0 Å². The van der Waals surface area contributed by atoms with Crippen LogP contribution in [0.1, 0.15) is 119 Å². The molecular formula is C67H61F6N9O6S. The molecule has 6 aromatic carbocycles. The van der Waals surface area contributed by atoms with Gasteiger partial charge in [0.05, 0.1) is 56.1 Å². The number of nitrogens with one attached hydrogen (secondary N) is 1. The van der Waals surface area contributed by atoms with Crippen LogP contribution in [0, 0.1) is 34.0 Å². The molecule has 0 radical (unpaired) electrons. The number of nitrogens with two attached hydrogens (primary N) is 1. The summed E-state index contributed by atoms with van der Waals surface area (Å²) in [6, 6.07) is 43.6. The Kier molecular flexibility index (Phi) is 17.8. The summed E-state index contributed by atoms with van der Waals surface area (Å²) in [6.07, 6.45) is 11.0. The summed E-state index contributed by atoms with van der Waals surface area (Å²) in [7, 11) is -3.41. The van der Waals surface area contributed by atoms with E-state index in [4.69, 9.17) is 5.73 Å². The van der Waals surface area contributed by atoms with E-state index in [0.717, 1.165) is 126 Å². The number of hydrogen-bond donors (Lipinski definition) is 2. The van der Waals surface area contributed by atoms with Gasteiger partial charge in [0.1, 0.15) is 35.5 Å². The molecule has 89 heavy (non-hydrogen) atoms. The number of carbonyl (C=O) groups is 1. The number of rotatable bonds is 17. The number of amides is 1. The van der Waals surface area contributed by atoms with Gasteiger partial charge >= 0.3 is 19.8 Å². The summed E-state index contributed by atoms with van der Waals surface area (Å²) in [6.45, 7) is -6.20. The number of anilines is 3. The van der Waals surface area contributed by atoms with Gasteiger partial charge in [0.15, 0.2) is 0 Å². The lowest BCUT2D eigenvalue weighted by atomic mass is 9.92. The smallest absolute Gasteiger partial charge is 0.387 e. The molecule has 22 heteroatoms. The number of sulfonamides is 1. The van der Waals surface area contributed by atoms with Crippen molar-refractivity contribution in [2.45, 2.75) is 122 Å². The monoisotopic (exact) mass is 1230 g/mol. The quantitative estimate of drug-likeness (QED) is 0.0651. The van der Waals surface area contributed by atoms with Crippen molar-refractivity contribution >= 4 is 65.7 Å². The molecule has 4 aliphatic rings. The number of hydrogen-bond acceptors (Lipinski definition) is 10. The van der Waals surface area contributed by atoms with Crippen LogP contribution in [-0.4, -0.2) is 60.2 Å². The number of carbonyl (C=O) groups excluding carboxylic acids is 1. The van der Waals surface area contributed by atoms with Crippen molar-refractivity contribution in [1.82, 2.24) is 13.7 Å². The van der Waals surface area contributed by atoms with Gasteiger partial charge in [-0.15, -0.1) is 0 Å². The second-order valence-corrected chi connectivity index (χ2v) is 24.2. The zero-order chi connectivity index (χ0) is 62.7. The largest absolute Gasteiger partial charge is 0.435 e. The minimum Gasteiger partial charge on any atom is -0.435 e. The lowest BCUT2D eigenvalue weighted by Crippen LogP contribution is -2.23. The van der Waals surface area contributed by atoms with E-state index in [0.29, 0.717) is 57.5 Å². The van der Waals surface area contributed by atoms with E-state index in [1.807, 2.05) is 41.0 Å². The lowest BCUT2D eigenvalue weighted by Gasteiger charge is -2.30. The molecule has 3 N–H and O–H groups in total. The van der Waals surface area contributed by atoms with Gasteiger partial charge in [-0.1, -0.05) is 43.3 Å². The maximum absolute atomic E-state index is 12.8. The number of nitriles is 3. The Morgan fingerprint density at radius 2 is 0.899 bits per heavy atom. The number of ether oxygens (including phenoxy) is 3. The van der Waals surface area contributed by atoms with Crippen molar-refractivity contribution in [2.75, 3.05) is 27.7 Å². The highest BCUT2D eigenvalue weighted by molar-refractivity contribution is 7.92. The summed E-state index contributed by atoms with van der Waals surface area (Å²) < 4.78 is 123. The molecule has 1 amide bonds. The molecule has 0 unspecified atom stereocenters. The summed E-state index contributed by atoms with van der Waals surface area (Å²) in [4.78, 5) is 13.8. The van der Waals surface area contributed by atoms with Crippen LogP contribution in [0.15, 0.2) is 127 Å². The van der Waals surface area contributed by atoms with Gasteiger partial charge in [0, 0.05) is 82.5 Å². The SMILES string of the molecule is CCCS(=O)(=O)Nc1ccc(-c2c(C#N)c3ccc(OC(F)F)cc3n2C2CCC2)cc1.N#Cc1c(-c2ccc(N)cc2)n(C2CCC2)c2cc(OC(F)F)ccc12.N#Cc1c(-c2ccc(N3CCCC3=O)cc2)n(C2CCC2)c2cc(OC(F)F)ccc12. The molecule has 0 atom stereocenters. The van der Waals surface area contributed by atoms with Crippen LogP contribution < -0.4 is 29.6 Å². The fraction of sp³-hybridized carbons (Fsp3) is 0.313. The highest BCUT2D eigenvalue weighted by atomic mass is 32.2. The normalized spacial score (nSPS) is 15.2. The number of nitrogens with zero attached hydrogens (tertiary/aromatic N) is 7. The van der Waals surface area contributed by atoms with Gasteiger partial charge in [-0.05, 0) is 160 Å². The van der Waals surface area contributed by atoms with E-state index < -0.39 is 29.9 Å². The molecule has 0 bridgehead atoms. The Morgan fingerprint density at radius 1 is 0.539 bits per heavy atom. The molecule has 1 saturated heterocycles. The Morgan fingerprint density at radius 3 is 1.20 bits per heavy atom. The fourth-order valence-electron chi connectivity index (χ4n) is 12.2. The highest BCUT2D eigenvalue weighted by Gasteiger charge is 2.32. The summed E-state index contributed by atoms with van der Waals surface area (Å²) in [5.41, 5.74) is 16.2. The summed E-state index contributed by atoms with van der Waals surface area (Å²) in [5.74, 6) is 0.382. The number of benzene rings is 6. The standard InChI is InChI=1S/C24H21F2N3O2.C23H23F2N3O3S.C20H17F2N3O/c25-24(26)31-18-10-11-19-20(14-27)23(29(21(19)13-18)17-3-1-4-17)15-6-8-16(9-7-15)28-12-2-5-22(28)30;1-2-12-32(29,30)27-16-8-6-15(7-9-16)22-20(14-26)19-11-10-18(31-23(24)25)13-21(19)28(22)17-4-3-5-17;21-20(22)26-15-8-9-16-17(11-23)19(12-4-6-13(24)7-5-12)25(18(16)10-15)14-2-1-3-14/h6-11,13,17,24H,1-5,12H2;6-11,13,17,23,27H,2-5,12H2,1H3;4-10,14,20H,1-3,24H2. The Bertz CT molecular complexity index is 4340. The molecule has 15 nitrogen and oxygen atoms in total. The third kappa shape index (κ3) is 12.6. The van der Waals surface area contributed by atoms with Crippen LogP contribution in [0.25, 0.3) is 66.5 Å². The first kappa shape index (κ1) is 61.1. The van der Waals surface area contributed by atoms with E-state index in [2.05, 4.69) is 46.3 Å². The van der Waals surface area contributed by atoms with E-state index in [1.54, 1.807) is 84.6 Å². The maximum atomic E-state index is 12.8. The number of nitrogen functional groups attached to an aromatic ring is 1. The van der Waals surface area contributed by atoms with Gasteiger partial charge < -0.3 is 38.5 Å². The molecule has 13 rings (SSSR count). The third-order valence-corrected chi connectivity index (χ3v) is 18.4. The number of fused-ring (bicyclic) bond motifs is 3. The predicted octanol–water partition coefficient (Wildman–Crippen LogP) is 16.4. The van der Waals surface area contributed by atoms with Gasteiger partial charge in [-0.2, -0.15) is 42.1 Å². The van der Waals surface area contributed by atoms with Gasteiger partial charge in [0.2, 0.25) is 15.9 Å². The van der Waals surface area contributed by atoms with Crippen molar-refractivity contribution in [3.63, 3.8) is 0 Å². The molecule has 9 aromatic rings. The zero-order valence-corrected chi connectivity index (χ0v) is 49.1. The van der Waals surface area contributed by atoms with Crippen LogP contribution in [0.2, 0.25) is 0 Å². The Labute approximate surface area is 509 Å².